The monoisotopic (exact) mass is 381 g/mol. The Morgan fingerprint density at radius 1 is 1.04 bits per heavy atom. The van der Waals surface area contributed by atoms with E-state index in [0.29, 0.717) is 42.0 Å². The summed E-state index contributed by atoms with van der Waals surface area (Å²) in [6, 6.07) is 8.44. The third-order valence-corrected chi connectivity index (χ3v) is 4.75. The molecule has 1 saturated heterocycles. The fourth-order valence-electron chi connectivity index (χ4n) is 2.61. The number of hydrogen-bond acceptors (Lipinski definition) is 4. The number of amides is 2. The molecule has 1 N–H and O–H groups in total. The van der Waals surface area contributed by atoms with E-state index in [4.69, 9.17) is 27.6 Å². The van der Waals surface area contributed by atoms with Gasteiger partial charge in [-0.3, -0.25) is 9.59 Å². The number of nitrogens with zero attached hydrogens (tertiary/aromatic N) is 2. The minimum Gasteiger partial charge on any atom is -0.459 e. The maximum absolute atomic E-state index is 12.3. The van der Waals surface area contributed by atoms with Crippen LogP contribution in [0.3, 0.4) is 0 Å². The highest BCUT2D eigenvalue weighted by molar-refractivity contribution is 6.42. The van der Waals surface area contributed by atoms with E-state index in [9.17, 15) is 9.59 Å². The summed E-state index contributed by atoms with van der Waals surface area (Å²) in [5.74, 6) is 0.142. The lowest BCUT2D eigenvalue weighted by molar-refractivity contribution is -0.130. The highest BCUT2D eigenvalue weighted by Gasteiger charge is 2.25. The van der Waals surface area contributed by atoms with Gasteiger partial charge in [0.25, 0.3) is 5.91 Å². The summed E-state index contributed by atoms with van der Waals surface area (Å²) >= 11 is 11.8. The number of nitrogens with one attached hydrogen (secondary N) is 1. The molecule has 6 nitrogen and oxygen atoms in total. The molecule has 0 bridgehead atoms. The molecule has 1 aliphatic heterocycles. The maximum Gasteiger partial charge on any atom is 0.289 e. The maximum atomic E-state index is 12.3. The average Bonchev–Trinajstić information content (AvgIpc) is 3.16. The lowest BCUT2D eigenvalue weighted by Gasteiger charge is -2.34. The zero-order valence-electron chi connectivity index (χ0n) is 13.4. The summed E-state index contributed by atoms with van der Waals surface area (Å²) in [5, 5.41) is 3.94. The Hall–Kier alpha value is -2.18. The van der Waals surface area contributed by atoms with E-state index >= 15 is 0 Å². The second-order valence-corrected chi connectivity index (χ2v) is 6.45. The molecule has 2 heterocycles. The summed E-state index contributed by atoms with van der Waals surface area (Å²) < 4.78 is 5.13. The fourth-order valence-corrected chi connectivity index (χ4v) is 2.91. The first kappa shape index (κ1) is 17.6. The van der Waals surface area contributed by atoms with Crippen molar-refractivity contribution in [3.05, 3.63) is 52.4 Å². The van der Waals surface area contributed by atoms with Crippen LogP contribution in [0.2, 0.25) is 10.0 Å². The number of carbonyl (C=O) groups excluding carboxylic acids is 2. The van der Waals surface area contributed by atoms with Crippen LogP contribution in [-0.4, -0.2) is 54.3 Å². The molecule has 25 heavy (non-hydrogen) atoms. The third-order valence-electron chi connectivity index (χ3n) is 4.01. The molecular formula is C17H17Cl2N3O3. The predicted octanol–water partition coefficient (Wildman–Crippen LogP) is 2.98. The quantitative estimate of drug-likeness (QED) is 0.883. The van der Waals surface area contributed by atoms with Crippen molar-refractivity contribution < 1.29 is 14.0 Å². The van der Waals surface area contributed by atoms with E-state index in [0.717, 1.165) is 5.69 Å². The number of rotatable bonds is 4. The van der Waals surface area contributed by atoms with E-state index in [1.807, 2.05) is 0 Å². The molecule has 1 aromatic carbocycles. The van der Waals surface area contributed by atoms with E-state index in [-0.39, 0.29) is 18.4 Å². The molecule has 0 unspecified atom stereocenters. The van der Waals surface area contributed by atoms with Crippen LogP contribution >= 0.6 is 23.2 Å². The molecule has 2 amide bonds. The van der Waals surface area contributed by atoms with Crippen molar-refractivity contribution in [2.75, 3.05) is 38.0 Å². The van der Waals surface area contributed by atoms with Gasteiger partial charge in [-0.2, -0.15) is 0 Å². The largest absolute Gasteiger partial charge is 0.459 e. The minimum absolute atomic E-state index is 0.0313. The van der Waals surface area contributed by atoms with Gasteiger partial charge < -0.3 is 19.5 Å². The van der Waals surface area contributed by atoms with Crippen LogP contribution in [0.4, 0.5) is 5.69 Å². The first-order valence-corrected chi connectivity index (χ1v) is 8.59. The number of anilines is 1. The topological polar surface area (TPSA) is 65.8 Å². The molecule has 1 aliphatic rings. The third kappa shape index (κ3) is 4.27. The van der Waals surface area contributed by atoms with E-state index in [1.165, 1.54) is 6.26 Å². The number of furan rings is 1. The zero-order valence-corrected chi connectivity index (χ0v) is 14.9. The second-order valence-electron chi connectivity index (χ2n) is 5.63. The van der Waals surface area contributed by atoms with Gasteiger partial charge >= 0.3 is 0 Å². The van der Waals surface area contributed by atoms with Gasteiger partial charge in [-0.1, -0.05) is 23.2 Å². The van der Waals surface area contributed by atoms with Crippen molar-refractivity contribution in [2.24, 2.45) is 0 Å². The molecule has 0 spiro atoms. The van der Waals surface area contributed by atoms with Crippen molar-refractivity contribution in [1.82, 2.24) is 9.80 Å². The van der Waals surface area contributed by atoms with Gasteiger partial charge in [-0.25, -0.2) is 0 Å². The van der Waals surface area contributed by atoms with Crippen molar-refractivity contribution in [2.45, 2.75) is 0 Å². The Morgan fingerprint density at radius 2 is 1.76 bits per heavy atom. The number of halogens is 2. The van der Waals surface area contributed by atoms with Crippen LogP contribution in [0.25, 0.3) is 0 Å². The number of carbonyl (C=O) groups is 2. The number of hydrogen-bond donors (Lipinski definition) is 1. The Balaban J connectivity index is 1.48. The Bertz CT molecular complexity index is 757. The summed E-state index contributed by atoms with van der Waals surface area (Å²) in [4.78, 5) is 27.9. The molecule has 0 aliphatic carbocycles. The van der Waals surface area contributed by atoms with E-state index in [2.05, 4.69) is 5.32 Å². The Kier molecular flexibility index (Phi) is 5.50. The van der Waals surface area contributed by atoms with Crippen LogP contribution in [0.15, 0.2) is 41.0 Å². The summed E-state index contributed by atoms with van der Waals surface area (Å²) in [6.45, 7) is 2.11. The SMILES string of the molecule is O=C(CNc1ccc(Cl)c(Cl)c1)N1CCN(C(=O)c2ccco2)CC1. The lowest BCUT2D eigenvalue weighted by atomic mass is 10.2. The normalized spacial score (nSPS) is 14.5. The van der Waals surface area contributed by atoms with Gasteiger partial charge in [-0.15, -0.1) is 0 Å². The molecule has 0 saturated carbocycles. The van der Waals surface area contributed by atoms with Crippen LogP contribution in [0.5, 0.6) is 0 Å². The summed E-state index contributed by atoms with van der Waals surface area (Å²) in [6.07, 6.45) is 1.47. The minimum atomic E-state index is -0.147. The van der Waals surface area contributed by atoms with Gasteiger partial charge in [0.05, 0.1) is 22.9 Å². The van der Waals surface area contributed by atoms with Crippen LogP contribution in [0.1, 0.15) is 10.6 Å². The van der Waals surface area contributed by atoms with Crippen molar-refractivity contribution in [3.8, 4) is 0 Å². The highest BCUT2D eigenvalue weighted by Crippen LogP contribution is 2.24. The standard InChI is InChI=1S/C17H17Cl2N3O3/c18-13-4-3-12(10-14(13)19)20-11-16(23)21-5-7-22(8-6-21)17(24)15-2-1-9-25-15/h1-4,9-10,20H,5-8,11H2. The number of piperazine rings is 1. The van der Waals surface area contributed by atoms with Crippen LogP contribution < -0.4 is 5.32 Å². The molecule has 132 valence electrons. The molecule has 0 radical (unpaired) electrons. The lowest BCUT2D eigenvalue weighted by Crippen LogP contribution is -2.51. The summed E-state index contributed by atoms with van der Waals surface area (Å²) in [7, 11) is 0. The molecule has 1 aromatic heterocycles. The fraction of sp³-hybridized carbons (Fsp3) is 0.294. The van der Waals surface area contributed by atoms with Gasteiger partial charge in [0.2, 0.25) is 5.91 Å². The molecule has 1 fully saturated rings. The van der Waals surface area contributed by atoms with Crippen molar-refractivity contribution in [3.63, 3.8) is 0 Å². The first-order chi connectivity index (χ1) is 12.0. The molecule has 0 atom stereocenters. The van der Waals surface area contributed by atoms with Gasteiger partial charge in [0, 0.05) is 31.9 Å². The van der Waals surface area contributed by atoms with E-state index in [1.54, 1.807) is 40.1 Å². The summed E-state index contributed by atoms with van der Waals surface area (Å²) in [5.41, 5.74) is 0.731. The Labute approximate surface area is 155 Å². The second kappa shape index (κ2) is 7.80. The highest BCUT2D eigenvalue weighted by atomic mass is 35.5. The Morgan fingerprint density at radius 3 is 2.40 bits per heavy atom. The van der Waals surface area contributed by atoms with Crippen molar-refractivity contribution in [1.29, 1.82) is 0 Å². The predicted molar refractivity (Wildman–Crippen MR) is 96.1 cm³/mol. The smallest absolute Gasteiger partial charge is 0.289 e. The molecule has 8 heteroatoms. The van der Waals surface area contributed by atoms with Crippen molar-refractivity contribution >= 4 is 40.7 Å². The average molecular weight is 382 g/mol. The van der Waals surface area contributed by atoms with Gasteiger partial charge in [-0.05, 0) is 30.3 Å². The van der Waals surface area contributed by atoms with E-state index < -0.39 is 0 Å². The van der Waals surface area contributed by atoms with Gasteiger partial charge in [0.15, 0.2) is 5.76 Å². The first-order valence-electron chi connectivity index (χ1n) is 7.84. The zero-order chi connectivity index (χ0) is 17.8. The number of benzene rings is 1. The van der Waals surface area contributed by atoms with Gasteiger partial charge in [0.1, 0.15) is 0 Å². The molecule has 3 rings (SSSR count). The molecule has 2 aromatic rings. The van der Waals surface area contributed by atoms with Crippen LogP contribution in [-0.2, 0) is 4.79 Å². The molecular weight excluding hydrogens is 365 g/mol. The van der Waals surface area contributed by atoms with Crippen LogP contribution in [0, 0.1) is 0 Å².